The molecular formula is C23H44N2O. The van der Waals surface area contributed by atoms with E-state index in [1.54, 1.807) is 0 Å². The van der Waals surface area contributed by atoms with E-state index >= 15 is 0 Å². The van der Waals surface area contributed by atoms with Gasteiger partial charge < -0.3 is 4.84 Å². The Morgan fingerprint density at radius 1 is 0.808 bits per heavy atom. The fourth-order valence-electron chi connectivity index (χ4n) is 3.71. The zero-order chi connectivity index (χ0) is 19.1. The summed E-state index contributed by atoms with van der Waals surface area (Å²) in [6.45, 7) is 10.6. The molecule has 0 amide bonds. The van der Waals surface area contributed by atoms with Crippen molar-refractivity contribution in [2.45, 2.75) is 124 Å². The lowest BCUT2D eigenvalue weighted by molar-refractivity contribution is 0.169. The predicted octanol–water partition coefficient (Wildman–Crippen LogP) is 7.68. The van der Waals surface area contributed by atoms with E-state index < -0.39 is 0 Å². The van der Waals surface area contributed by atoms with Crippen LogP contribution in [0.4, 0.5) is 0 Å². The molecule has 0 spiro atoms. The summed E-state index contributed by atoms with van der Waals surface area (Å²) in [6.07, 6.45) is 21.9. The van der Waals surface area contributed by atoms with Crippen molar-refractivity contribution in [3.8, 4) is 0 Å². The molecule has 152 valence electrons. The normalized spacial score (nSPS) is 16.1. The van der Waals surface area contributed by atoms with E-state index in [1.807, 2.05) is 0 Å². The second-order valence-corrected chi connectivity index (χ2v) is 8.32. The summed E-state index contributed by atoms with van der Waals surface area (Å²) in [4.78, 5) is 9.59. The van der Waals surface area contributed by atoms with Gasteiger partial charge in [-0.25, -0.2) is 5.48 Å². The Bertz CT molecular complexity index is 405. The zero-order valence-electron chi connectivity index (χ0n) is 17.9. The first kappa shape index (κ1) is 23.0. The molecule has 0 aromatic rings. The van der Waals surface area contributed by atoms with Gasteiger partial charge in [0.2, 0.25) is 5.88 Å². The average Bonchev–Trinajstić information content (AvgIpc) is 3.09. The van der Waals surface area contributed by atoms with Crippen LogP contribution in [0, 0.1) is 5.41 Å². The van der Waals surface area contributed by atoms with Crippen molar-refractivity contribution < 1.29 is 4.84 Å². The first-order valence-corrected chi connectivity index (χ1v) is 11.3. The Hall–Kier alpha value is -0.990. The van der Waals surface area contributed by atoms with Crippen molar-refractivity contribution >= 4 is 5.84 Å². The molecule has 0 fully saturated rings. The van der Waals surface area contributed by atoms with Crippen LogP contribution in [-0.4, -0.2) is 5.84 Å². The molecule has 0 saturated heterocycles. The number of aliphatic imine (C=N–C) groups is 1. The lowest BCUT2D eigenvalue weighted by atomic mass is 9.81. The Kier molecular flexibility index (Phi) is 12.5. The Morgan fingerprint density at radius 3 is 1.65 bits per heavy atom. The van der Waals surface area contributed by atoms with E-state index in [0.717, 1.165) is 12.3 Å². The third-order valence-corrected chi connectivity index (χ3v) is 5.94. The van der Waals surface area contributed by atoms with Crippen molar-refractivity contribution in [1.29, 1.82) is 0 Å². The van der Waals surface area contributed by atoms with E-state index in [0.29, 0.717) is 5.88 Å². The molecule has 1 aliphatic heterocycles. The van der Waals surface area contributed by atoms with Crippen LogP contribution < -0.4 is 5.48 Å². The number of amidine groups is 1. The summed E-state index contributed by atoms with van der Waals surface area (Å²) in [5.74, 6) is 1.44. The third-order valence-electron chi connectivity index (χ3n) is 5.94. The smallest absolute Gasteiger partial charge is 0.240 e. The number of hydrogen-bond donors (Lipinski definition) is 1. The number of unbranched alkanes of at least 4 members (excludes halogenated alkanes) is 13. The maximum atomic E-state index is 5.19. The van der Waals surface area contributed by atoms with E-state index in [4.69, 9.17) is 4.84 Å². The highest BCUT2D eigenvalue weighted by Crippen LogP contribution is 2.32. The van der Waals surface area contributed by atoms with E-state index in [1.165, 1.54) is 96.3 Å². The molecule has 26 heavy (non-hydrogen) atoms. The van der Waals surface area contributed by atoms with Crippen LogP contribution in [-0.2, 0) is 4.84 Å². The number of hydrogen-bond acceptors (Lipinski definition) is 3. The Balaban J connectivity index is 1.93. The van der Waals surface area contributed by atoms with Crippen molar-refractivity contribution in [1.82, 2.24) is 5.48 Å². The summed E-state index contributed by atoms with van der Waals surface area (Å²) < 4.78 is 0. The number of hydroxylamine groups is 1. The Morgan fingerprint density at radius 2 is 1.27 bits per heavy atom. The van der Waals surface area contributed by atoms with E-state index in [-0.39, 0.29) is 5.41 Å². The summed E-state index contributed by atoms with van der Waals surface area (Å²) in [5.41, 5.74) is 3.04. The van der Waals surface area contributed by atoms with Gasteiger partial charge in [-0.15, -0.1) is 0 Å². The predicted molar refractivity (Wildman–Crippen MR) is 114 cm³/mol. The van der Waals surface area contributed by atoms with Gasteiger partial charge in [0, 0.05) is 5.41 Å². The average molecular weight is 365 g/mol. The number of nitrogens with zero attached hydrogens (tertiary/aromatic N) is 1. The molecule has 0 bridgehead atoms. The third kappa shape index (κ3) is 9.64. The first-order chi connectivity index (χ1) is 12.6. The van der Waals surface area contributed by atoms with Gasteiger partial charge in [0.25, 0.3) is 0 Å². The van der Waals surface area contributed by atoms with Crippen LogP contribution in [0.5, 0.6) is 0 Å². The number of rotatable bonds is 17. The lowest BCUT2D eigenvalue weighted by Crippen LogP contribution is -2.35. The molecule has 3 nitrogen and oxygen atoms in total. The summed E-state index contributed by atoms with van der Waals surface area (Å²) in [7, 11) is 0. The van der Waals surface area contributed by atoms with Gasteiger partial charge in [-0.2, -0.15) is 4.99 Å². The van der Waals surface area contributed by atoms with Gasteiger partial charge in [0.1, 0.15) is 5.84 Å². The van der Waals surface area contributed by atoms with Crippen molar-refractivity contribution in [2.24, 2.45) is 10.4 Å². The van der Waals surface area contributed by atoms with Crippen LogP contribution in [0.2, 0.25) is 0 Å². The molecule has 0 saturated carbocycles. The van der Waals surface area contributed by atoms with Gasteiger partial charge in [-0.05, 0) is 19.4 Å². The van der Waals surface area contributed by atoms with Crippen molar-refractivity contribution in [3.05, 3.63) is 12.5 Å². The monoisotopic (exact) mass is 364 g/mol. The highest BCUT2D eigenvalue weighted by atomic mass is 16.7. The first-order valence-electron chi connectivity index (χ1n) is 11.3. The topological polar surface area (TPSA) is 33.6 Å². The molecular weight excluding hydrogens is 320 g/mol. The minimum atomic E-state index is 0.0938. The van der Waals surface area contributed by atoms with Gasteiger partial charge in [-0.1, -0.05) is 111 Å². The molecule has 0 radical (unpaired) electrons. The van der Waals surface area contributed by atoms with Crippen LogP contribution in [0.1, 0.15) is 124 Å². The molecule has 1 atom stereocenters. The molecule has 1 aliphatic rings. The second kappa shape index (κ2) is 14.1. The fourth-order valence-corrected chi connectivity index (χ4v) is 3.71. The molecule has 1 heterocycles. The standard InChI is InChI=1S/C23H44N2O/c1-5-7-8-9-10-11-12-13-14-15-16-17-18-19-20-23(4,6-2)22-24-21(3)26-25-22/h3,5-20H2,1-2,4H3,(H,24,25). The highest BCUT2D eigenvalue weighted by Gasteiger charge is 2.31. The van der Waals surface area contributed by atoms with Crippen molar-refractivity contribution in [2.75, 3.05) is 0 Å². The van der Waals surface area contributed by atoms with Crippen molar-refractivity contribution in [3.63, 3.8) is 0 Å². The highest BCUT2D eigenvalue weighted by molar-refractivity contribution is 5.88. The molecule has 0 aliphatic carbocycles. The van der Waals surface area contributed by atoms with Gasteiger partial charge in [0.15, 0.2) is 0 Å². The molecule has 3 heteroatoms. The van der Waals surface area contributed by atoms with Crippen LogP contribution in [0.3, 0.4) is 0 Å². The van der Waals surface area contributed by atoms with Gasteiger partial charge in [-0.3, -0.25) is 0 Å². The maximum Gasteiger partial charge on any atom is 0.240 e. The SMILES string of the molecule is C=C1N=C(C(C)(CC)CCCCCCCCCCCCCCCC)NO1. The van der Waals surface area contributed by atoms with Gasteiger partial charge >= 0.3 is 0 Å². The van der Waals surface area contributed by atoms with E-state index in [9.17, 15) is 0 Å². The van der Waals surface area contributed by atoms with Crippen LogP contribution in [0.25, 0.3) is 0 Å². The summed E-state index contributed by atoms with van der Waals surface area (Å²) >= 11 is 0. The second-order valence-electron chi connectivity index (χ2n) is 8.32. The lowest BCUT2D eigenvalue weighted by Gasteiger charge is -2.27. The molecule has 0 aromatic heterocycles. The molecule has 1 rings (SSSR count). The minimum absolute atomic E-state index is 0.0938. The molecule has 1 unspecified atom stereocenters. The summed E-state index contributed by atoms with van der Waals surface area (Å²) in [5, 5.41) is 0. The zero-order valence-corrected chi connectivity index (χ0v) is 17.9. The molecule has 1 N–H and O–H groups in total. The maximum absolute atomic E-state index is 5.19. The van der Waals surface area contributed by atoms with E-state index in [2.05, 4.69) is 37.8 Å². The Labute approximate surface area is 163 Å². The van der Waals surface area contributed by atoms with Crippen LogP contribution >= 0.6 is 0 Å². The molecule has 0 aromatic carbocycles. The minimum Gasteiger partial charge on any atom is -0.361 e. The number of nitrogens with one attached hydrogen (secondary N) is 1. The quantitative estimate of drug-likeness (QED) is 0.268. The summed E-state index contributed by atoms with van der Waals surface area (Å²) in [6, 6.07) is 0. The largest absolute Gasteiger partial charge is 0.361 e. The fraction of sp³-hybridized carbons (Fsp3) is 0.870. The van der Waals surface area contributed by atoms with Gasteiger partial charge in [0.05, 0.1) is 0 Å². The van der Waals surface area contributed by atoms with Crippen LogP contribution in [0.15, 0.2) is 17.5 Å².